The highest BCUT2D eigenvalue weighted by molar-refractivity contribution is 7.21. The van der Waals surface area contributed by atoms with Crippen molar-refractivity contribution in [2.45, 2.75) is 34.6 Å². The Hall–Kier alpha value is -3.90. The number of carbonyl (C=O) groups excluding carboxylic acids is 1. The number of aryl methyl sites for hydroxylation is 4. The zero-order valence-electron chi connectivity index (χ0n) is 21.3. The Balaban J connectivity index is 1.38. The first-order chi connectivity index (χ1) is 17.2. The lowest BCUT2D eigenvalue weighted by Gasteiger charge is -2.13. The zero-order valence-corrected chi connectivity index (χ0v) is 22.1. The van der Waals surface area contributed by atoms with E-state index in [0.717, 1.165) is 60.8 Å². The van der Waals surface area contributed by atoms with E-state index in [2.05, 4.69) is 30.4 Å². The highest BCUT2D eigenvalue weighted by Gasteiger charge is 2.18. The number of thiazole rings is 1. The number of benzene rings is 3. The van der Waals surface area contributed by atoms with Gasteiger partial charge >= 0.3 is 0 Å². The predicted molar refractivity (Wildman–Crippen MR) is 149 cm³/mol. The molecule has 0 bridgehead atoms. The monoisotopic (exact) mass is 496 g/mol. The summed E-state index contributed by atoms with van der Waals surface area (Å²) in [5.41, 5.74) is 8.52. The molecule has 182 valence electrons. The average Bonchev–Trinajstić information content (AvgIpc) is 3.40. The van der Waals surface area contributed by atoms with Crippen LogP contribution in [0.5, 0.6) is 5.75 Å². The Bertz CT molecular complexity index is 1660. The number of hydrogen-bond donors (Lipinski definition) is 1. The Morgan fingerprint density at radius 2 is 1.78 bits per heavy atom. The summed E-state index contributed by atoms with van der Waals surface area (Å²) in [5, 5.41) is 4.97. The summed E-state index contributed by atoms with van der Waals surface area (Å²) < 4.78 is 12.8. The first kappa shape index (κ1) is 23.8. The van der Waals surface area contributed by atoms with Crippen molar-refractivity contribution in [2.24, 2.45) is 0 Å². The Morgan fingerprint density at radius 1 is 1.03 bits per heavy atom. The van der Waals surface area contributed by atoms with Crippen LogP contribution in [0.2, 0.25) is 0 Å². The maximum atomic E-state index is 12.9. The van der Waals surface area contributed by atoms with Crippen LogP contribution in [0, 0.1) is 27.7 Å². The number of allylic oxidation sites excluding steroid dienone is 1. The van der Waals surface area contributed by atoms with Crippen molar-refractivity contribution in [1.29, 1.82) is 0 Å². The average molecular weight is 497 g/mol. The minimum Gasteiger partial charge on any atom is -0.496 e. The molecule has 0 aliphatic heterocycles. The van der Waals surface area contributed by atoms with Crippen molar-refractivity contribution in [2.75, 3.05) is 12.4 Å². The number of furan rings is 1. The van der Waals surface area contributed by atoms with E-state index in [9.17, 15) is 4.79 Å². The molecule has 5 nitrogen and oxygen atoms in total. The lowest BCUT2D eigenvalue weighted by molar-refractivity contribution is -0.111. The molecule has 1 amide bonds. The normalized spacial score (nSPS) is 11.9. The predicted octanol–water partition coefficient (Wildman–Crippen LogP) is 7.99. The van der Waals surface area contributed by atoms with Crippen LogP contribution < -0.4 is 10.1 Å². The fraction of sp³-hybridized carbons (Fsp3) is 0.200. The summed E-state index contributed by atoms with van der Waals surface area (Å²) in [6.07, 6.45) is 1.61. The van der Waals surface area contributed by atoms with Gasteiger partial charge in [-0.3, -0.25) is 4.79 Å². The standard InChI is InChI=1S/C30H28N2O3S/c1-16-7-12-25-26(13-16)36-30(32-25)21-8-10-22(11-9-21)31-27(33)14-17(2)23-15-24-18(3)20(5)35-29(24)19(4)28(23)34-6/h7-15H,1-6H3,(H,31,33)/b17-14+. The van der Waals surface area contributed by atoms with E-state index < -0.39 is 0 Å². The molecule has 0 saturated heterocycles. The summed E-state index contributed by atoms with van der Waals surface area (Å²) in [4.78, 5) is 17.6. The minimum atomic E-state index is -0.199. The number of nitrogens with one attached hydrogen (secondary N) is 1. The van der Waals surface area contributed by atoms with Gasteiger partial charge in [0.1, 0.15) is 22.1 Å². The molecule has 0 atom stereocenters. The molecule has 0 unspecified atom stereocenters. The van der Waals surface area contributed by atoms with Crippen molar-refractivity contribution in [1.82, 2.24) is 4.98 Å². The molecule has 6 heteroatoms. The second kappa shape index (κ2) is 9.28. The lowest BCUT2D eigenvalue weighted by atomic mass is 9.98. The Morgan fingerprint density at radius 3 is 2.50 bits per heavy atom. The van der Waals surface area contributed by atoms with Crippen LogP contribution in [0.15, 0.2) is 59.0 Å². The number of hydrogen-bond acceptors (Lipinski definition) is 5. The molecular weight excluding hydrogens is 468 g/mol. The van der Waals surface area contributed by atoms with Crippen molar-refractivity contribution < 1.29 is 13.9 Å². The molecule has 2 heterocycles. The smallest absolute Gasteiger partial charge is 0.248 e. The van der Waals surface area contributed by atoms with Gasteiger partial charge in [0.05, 0.1) is 17.3 Å². The number of aromatic nitrogens is 1. The first-order valence-corrected chi connectivity index (χ1v) is 12.6. The molecule has 0 aliphatic carbocycles. The van der Waals surface area contributed by atoms with Gasteiger partial charge in [0, 0.05) is 33.8 Å². The number of carbonyl (C=O) groups is 1. The van der Waals surface area contributed by atoms with Gasteiger partial charge in [-0.25, -0.2) is 4.98 Å². The summed E-state index contributed by atoms with van der Waals surface area (Å²) >= 11 is 1.67. The molecule has 0 spiro atoms. The lowest BCUT2D eigenvalue weighted by Crippen LogP contribution is -2.08. The third kappa shape index (κ3) is 4.29. The van der Waals surface area contributed by atoms with E-state index in [-0.39, 0.29) is 5.91 Å². The molecule has 0 saturated carbocycles. The van der Waals surface area contributed by atoms with Crippen molar-refractivity contribution in [3.8, 4) is 16.3 Å². The fourth-order valence-electron chi connectivity index (χ4n) is 4.47. The summed E-state index contributed by atoms with van der Waals surface area (Å²) in [7, 11) is 1.64. The van der Waals surface area contributed by atoms with Gasteiger partial charge in [-0.1, -0.05) is 6.07 Å². The topological polar surface area (TPSA) is 64.4 Å². The second-order valence-electron chi connectivity index (χ2n) is 9.13. The van der Waals surface area contributed by atoms with Gasteiger partial charge in [-0.05, 0) is 93.8 Å². The third-order valence-corrected chi connectivity index (χ3v) is 7.63. The molecule has 5 rings (SSSR count). The van der Waals surface area contributed by atoms with Crippen LogP contribution in [-0.4, -0.2) is 18.0 Å². The number of nitrogens with zero attached hydrogens (tertiary/aromatic N) is 1. The summed E-state index contributed by atoms with van der Waals surface area (Å²) in [6.45, 7) is 9.99. The first-order valence-electron chi connectivity index (χ1n) is 11.8. The number of methoxy groups -OCH3 is 1. The molecule has 1 N–H and O–H groups in total. The van der Waals surface area contributed by atoms with Crippen molar-refractivity contribution >= 4 is 49.7 Å². The van der Waals surface area contributed by atoms with Gasteiger partial charge in [0.15, 0.2) is 0 Å². The summed E-state index contributed by atoms with van der Waals surface area (Å²) in [5.74, 6) is 1.40. The van der Waals surface area contributed by atoms with E-state index in [1.54, 1.807) is 24.5 Å². The van der Waals surface area contributed by atoms with E-state index in [1.165, 1.54) is 10.3 Å². The molecule has 0 aliphatic rings. The number of amides is 1. The summed E-state index contributed by atoms with van der Waals surface area (Å²) in [6, 6.07) is 16.1. The number of rotatable bonds is 5. The van der Waals surface area contributed by atoms with E-state index in [0.29, 0.717) is 5.75 Å². The molecule has 5 aromatic rings. The Labute approximate surface area is 214 Å². The van der Waals surface area contributed by atoms with Gasteiger partial charge < -0.3 is 14.5 Å². The quantitative estimate of drug-likeness (QED) is 0.250. The number of anilines is 1. The Kier molecular flexibility index (Phi) is 6.14. The van der Waals surface area contributed by atoms with Crippen LogP contribution in [0.4, 0.5) is 5.69 Å². The van der Waals surface area contributed by atoms with Gasteiger partial charge in [-0.15, -0.1) is 11.3 Å². The highest BCUT2D eigenvalue weighted by Crippen LogP contribution is 2.38. The second-order valence-corrected chi connectivity index (χ2v) is 10.2. The molecule has 2 aromatic heterocycles. The van der Waals surface area contributed by atoms with Crippen molar-refractivity contribution in [3.05, 3.63) is 82.6 Å². The SMILES string of the molecule is COc1c(/C(C)=C/C(=O)Nc2ccc(-c3nc4ccc(C)cc4s3)cc2)cc2c(C)c(C)oc2c1C. The fourth-order valence-corrected chi connectivity index (χ4v) is 5.54. The van der Waals surface area contributed by atoms with Crippen molar-refractivity contribution in [3.63, 3.8) is 0 Å². The van der Waals surface area contributed by atoms with E-state index in [1.807, 2.05) is 58.0 Å². The van der Waals surface area contributed by atoms with Crippen LogP contribution in [0.3, 0.4) is 0 Å². The maximum Gasteiger partial charge on any atom is 0.248 e. The maximum absolute atomic E-state index is 12.9. The van der Waals surface area contributed by atoms with E-state index in [4.69, 9.17) is 14.1 Å². The van der Waals surface area contributed by atoms with E-state index >= 15 is 0 Å². The van der Waals surface area contributed by atoms with Gasteiger partial charge in [0.2, 0.25) is 5.91 Å². The number of ether oxygens (including phenoxy) is 1. The van der Waals surface area contributed by atoms with Crippen LogP contribution >= 0.6 is 11.3 Å². The molecule has 0 radical (unpaired) electrons. The minimum absolute atomic E-state index is 0.199. The third-order valence-electron chi connectivity index (χ3n) is 6.57. The van der Waals surface area contributed by atoms with Crippen LogP contribution in [0.1, 0.15) is 34.9 Å². The number of fused-ring (bicyclic) bond motifs is 2. The van der Waals surface area contributed by atoms with Gasteiger partial charge in [-0.2, -0.15) is 0 Å². The largest absolute Gasteiger partial charge is 0.496 e. The van der Waals surface area contributed by atoms with Crippen LogP contribution in [0.25, 0.3) is 37.3 Å². The van der Waals surface area contributed by atoms with Crippen LogP contribution in [-0.2, 0) is 4.79 Å². The molecule has 36 heavy (non-hydrogen) atoms. The van der Waals surface area contributed by atoms with Gasteiger partial charge in [0.25, 0.3) is 0 Å². The molecule has 0 fully saturated rings. The molecule has 3 aromatic carbocycles. The zero-order chi connectivity index (χ0) is 25.6. The highest BCUT2D eigenvalue weighted by atomic mass is 32.1. The molecular formula is C30H28N2O3S.